The fraction of sp³-hybridized carbons (Fsp3) is 0.500. The zero-order valence-electron chi connectivity index (χ0n) is 17.2. The average molecular weight is 396 g/mol. The monoisotopic (exact) mass is 395 g/mol. The zero-order valence-corrected chi connectivity index (χ0v) is 17.2. The summed E-state index contributed by atoms with van der Waals surface area (Å²) in [4.78, 5) is 17.0. The van der Waals surface area contributed by atoms with Crippen LogP contribution in [0, 0.1) is 11.8 Å². The van der Waals surface area contributed by atoms with Crippen LogP contribution in [0.1, 0.15) is 12.8 Å². The van der Waals surface area contributed by atoms with Crippen molar-refractivity contribution in [3.05, 3.63) is 43.1 Å². The first-order valence-electron chi connectivity index (χ1n) is 10.2. The Kier molecular flexibility index (Phi) is 5.67. The van der Waals surface area contributed by atoms with E-state index in [0.29, 0.717) is 18.5 Å². The standard InChI is InChI=1S/C22H29N5O2/c1-4-10-25(2)22(28)20-14-26-11-9-17(20)12-18(26)13-27-15-21(23-24-27)16-5-7-19(29-3)8-6-16/h4-8,15,17-18,20H,1,9-14H2,2-3H3/t17-,18-,20+/m1/s1. The molecule has 3 aliphatic heterocycles. The Labute approximate surface area is 171 Å². The Balaban J connectivity index is 1.40. The van der Waals surface area contributed by atoms with Gasteiger partial charge in [-0.2, -0.15) is 0 Å². The molecule has 1 aromatic heterocycles. The molecule has 1 unspecified atom stereocenters. The van der Waals surface area contributed by atoms with Crippen LogP contribution in [0.25, 0.3) is 11.3 Å². The summed E-state index contributed by atoms with van der Waals surface area (Å²) in [7, 11) is 3.53. The Morgan fingerprint density at radius 1 is 1.38 bits per heavy atom. The third kappa shape index (κ3) is 4.05. The Hall–Kier alpha value is -2.67. The van der Waals surface area contributed by atoms with E-state index >= 15 is 0 Å². The molecule has 0 aliphatic carbocycles. The predicted molar refractivity (Wildman–Crippen MR) is 111 cm³/mol. The highest BCUT2D eigenvalue weighted by Crippen LogP contribution is 2.37. The van der Waals surface area contributed by atoms with Gasteiger partial charge in [0.05, 0.1) is 25.8 Å². The molecule has 3 saturated heterocycles. The third-order valence-electron chi connectivity index (χ3n) is 6.30. The van der Waals surface area contributed by atoms with Crippen LogP contribution in [-0.4, -0.2) is 70.5 Å². The average Bonchev–Trinajstić information content (AvgIpc) is 3.22. The van der Waals surface area contributed by atoms with Gasteiger partial charge in [0.2, 0.25) is 5.91 Å². The zero-order chi connectivity index (χ0) is 20.4. The first-order chi connectivity index (χ1) is 14.1. The molecule has 3 aliphatic rings. The lowest BCUT2D eigenvalue weighted by molar-refractivity contribution is -0.142. The number of ether oxygens (including phenoxy) is 1. The summed E-state index contributed by atoms with van der Waals surface area (Å²) in [5.74, 6) is 1.64. The molecule has 29 heavy (non-hydrogen) atoms. The summed E-state index contributed by atoms with van der Waals surface area (Å²) in [6.45, 7) is 7.06. The highest BCUT2D eigenvalue weighted by molar-refractivity contribution is 5.79. The number of benzene rings is 1. The Morgan fingerprint density at radius 3 is 2.83 bits per heavy atom. The molecular weight excluding hydrogens is 366 g/mol. The van der Waals surface area contributed by atoms with Gasteiger partial charge in [-0.05, 0) is 49.6 Å². The van der Waals surface area contributed by atoms with Gasteiger partial charge in [-0.15, -0.1) is 11.7 Å². The summed E-state index contributed by atoms with van der Waals surface area (Å²) < 4.78 is 7.15. The molecule has 3 fully saturated rings. The second-order valence-electron chi connectivity index (χ2n) is 8.10. The van der Waals surface area contributed by atoms with E-state index in [0.717, 1.165) is 49.5 Å². The fourth-order valence-electron chi connectivity index (χ4n) is 4.67. The topological polar surface area (TPSA) is 63.5 Å². The van der Waals surface area contributed by atoms with Crippen molar-refractivity contribution in [1.29, 1.82) is 0 Å². The van der Waals surface area contributed by atoms with Crippen LogP contribution in [0.2, 0.25) is 0 Å². The molecule has 154 valence electrons. The van der Waals surface area contributed by atoms with Gasteiger partial charge < -0.3 is 9.64 Å². The van der Waals surface area contributed by atoms with Crippen LogP contribution in [0.15, 0.2) is 43.1 Å². The maximum Gasteiger partial charge on any atom is 0.227 e. The second kappa shape index (κ2) is 8.37. The van der Waals surface area contributed by atoms with E-state index < -0.39 is 0 Å². The minimum Gasteiger partial charge on any atom is -0.497 e. The number of piperidine rings is 3. The van der Waals surface area contributed by atoms with E-state index in [-0.39, 0.29) is 11.8 Å². The summed E-state index contributed by atoms with van der Waals surface area (Å²) in [5, 5.41) is 8.68. The Morgan fingerprint density at radius 2 is 2.17 bits per heavy atom. The first-order valence-corrected chi connectivity index (χ1v) is 10.2. The minimum atomic E-state index is 0.107. The molecule has 7 heteroatoms. The number of aromatic nitrogens is 3. The van der Waals surface area contributed by atoms with Crippen molar-refractivity contribution in [3.8, 4) is 17.0 Å². The van der Waals surface area contributed by atoms with Gasteiger partial charge in [-0.1, -0.05) is 11.3 Å². The van der Waals surface area contributed by atoms with Crippen LogP contribution in [0.3, 0.4) is 0 Å². The van der Waals surface area contributed by atoms with Crippen molar-refractivity contribution in [2.45, 2.75) is 25.4 Å². The van der Waals surface area contributed by atoms with Crippen LogP contribution in [-0.2, 0) is 11.3 Å². The number of likely N-dealkylation sites (N-methyl/N-ethyl adjacent to an activating group) is 1. The summed E-state index contributed by atoms with van der Waals surface area (Å²) in [5.41, 5.74) is 1.89. The number of hydrogen-bond acceptors (Lipinski definition) is 5. The molecule has 2 aromatic rings. The molecule has 1 amide bonds. The molecule has 4 heterocycles. The van der Waals surface area contributed by atoms with E-state index in [4.69, 9.17) is 4.74 Å². The number of hydrogen-bond donors (Lipinski definition) is 0. The summed E-state index contributed by atoms with van der Waals surface area (Å²) >= 11 is 0. The molecule has 4 atom stereocenters. The first kappa shape index (κ1) is 19.6. The van der Waals surface area contributed by atoms with Gasteiger partial charge in [-0.25, -0.2) is 0 Å². The predicted octanol–water partition coefficient (Wildman–Crippen LogP) is 2.31. The Bertz CT molecular complexity index is 862. The quantitative estimate of drug-likeness (QED) is 0.673. The maximum absolute atomic E-state index is 12.8. The van der Waals surface area contributed by atoms with Crippen molar-refractivity contribution < 1.29 is 9.53 Å². The van der Waals surface area contributed by atoms with Crippen molar-refractivity contribution >= 4 is 5.91 Å². The van der Waals surface area contributed by atoms with E-state index in [1.807, 2.05) is 42.2 Å². The molecule has 0 spiro atoms. The molecule has 1 aromatic carbocycles. The van der Waals surface area contributed by atoms with Gasteiger partial charge in [-0.3, -0.25) is 14.4 Å². The van der Waals surface area contributed by atoms with Gasteiger partial charge in [0.1, 0.15) is 11.4 Å². The molecule has 2 bridgehead atoms. The molecule has 0 N–H and O–H groups in total. The van der Waals surface area contributed by atoms with E-state index in [9.17, 15) is 4.79 Å². The van der Waals surface area contributed by atoms with Crippen molar-refractivity contribution in [1.82, 2.24) is 24.8 Å². The third-order valence-corrected chi connectivity index (χ3v) is 6.30. The molecule has 0 saturated carbocycles. The van der Waals surface area contributed by atoms with Crippen LogP contribution in [0.4, 0.5) is 0 Å². The summed E-state index contributed by atoms with van der Waals surface area (Å²) in [6.07, 6.45) is 5.93. The SMILES string of the molecule is C=CCN(C)C(=O)[C@H]1CN2CC[C@@H]1C[C@@H]2Cn1cc(-c2ccc(OC)cc2)nn1. The number of rotatable bonds is 7. The van der Waals surface area contributed by atoms with Gasteiger partial charge in [0, 0.05) is 31.7 Å². The fourth-order valence-corrected chi connectivity index (χ4v) is 4.67. The molecule has 5 rings (SSSR count). The largest absolute Gasteiger partial charge is 0.497 e. The number of nitrogens with zero attached hydrogens (tertiary/aromatic N) is 5. The highest BCUT2D eigenvalue weighted by Gasteiger charge is 2.44. The van der Waals surface area contributed by atoms with Crippen LogP contribution < -0.4 is 4.74 Å². The minimum absolute atomic E-state index is 0.107. The number of amides is 1. The van der Waals surface area contributed by atoms with Crippen molar-refractivity contribution in [2.75, 3.05) is 33.8 Å². The van der Waals surface area contributed by atoms with Gasteiger partial charge in [0.15, 0.2) is 0 Å². The number of methoxy groups -OCH3 is 1. The normalized spacial score (nSPS) is 25.6. The van der Waals surface area contributed by atoms with Crippen LogP contribution >= 0.6 is 0 Å². The van der Waals surface area contributed by atoms with Gasteiger partial charge >= 0.3 is 0 Å². The van der Waals surface area contributed by atoms with Crippen LogP contribution in [0.5, 0.6) is 5.75 Å². The lowest BCUT2D eigenvalue weighted by atomic mass is 9.75. The second-order valence-corrected chi connectivity index (χ2v) is 8.10. The van der Waals surface area contributed by atoms with E-state index in [1.165, 1.54) is 0 Å². The lowest BCUT2D eigenvalue weighted by Crippen LogP contribution is -2.58. The maximum atomic E-state index is 12.8. The van der Waals surface area contributed by atoms with Gasteiger partial charge in [0.25, 0.3) is 0 Å². The van der Waals surface area contributed by atoms with E-state index in [2.05, 4.69) is 21.8 Å². The number of fused-ring (bicyclic) bond motifs is 3. The summed E-state index contributed by atoms with van der Waals surface area (Å²) in [6, 6.07) is 8.26. The molecule has 7 nitrogen and oxygen atoms in total. The molecular formula is C22H29N5O2. The number of carbonyl (C=O) groups excluding carboxylic acids is 1. The smallest absolute Gasteiger partial charge is 0.227 e. The molecule has 0 radical (unpaired) electrons. The lowest BCUT2D eigenvalue weighted by Gasteiger charge is -2.49. The highest BCUT2D eigenvalue weighted by atomic mass is 16.5. The number of carbonyl (C=O) groups is 1. The van der Waals surface area contributed by atoms with Crippen molar-refractivity contribution in [3.63, 3.8) is 0 Å². The van der Waals surface area contributed by atoms with E-state index in [1.54, 1.807) is 18.1 Å². The van der Waals surface area contributed by atoms with Crippen molar-refractivity contribution in [2.24, 2.45) is 11.8 Å².